The number of nitrogens with zero attached hydrogens (tertiary/aromatic N) is 4. The third-order valence-electron chi connectivity index (χ3n) is 3.64. The molecule has 1 unspecified atom stereocenters. The number of nitro groups is 1. The highest BCUT2D eigenvalue weighted by molar-refractivity contribution is 5.70. The Hall–Kier alpha value is -1.96. The van der Waals surface area contributed by atoms with Gasteiger partial charge in [0.15, 0.2) is 0 Å². The Labute approximate surface area is 117 Å². The highest BCUT2D eigenvalue weighted by Gasteiger charge is 2.31. The molecule has 0 radical (unpaired) electrons. The second-order valence-electron chi connectivity index (χ2n) is 4.93. The molecule has 1 aliphatic rings. The van der Waals surface area contributed by atoms with Crippen LogP contribution in [0, 0.1) is 10.1 Å². The van der Waals surface area contributed by atoms with Crippen LogP contribution in [0.15, 0.2) is 6.33 Å². The Bertz CT molecular complexity index is 479. The van der Waals surface area contributed by atoms with Crippen molar-refractivity contribution in [1.29, 1.82) is 0 Å². The number of aromatic nitrogens is 2. The zero-order valence-electron chi connectivity index (χ0n) is 11.6. The Morgan fingerprint density at radius 1 is 1.55 bits per heavy atom. The smallest absolute Gasteiger partial charge is 0.348 e. The van der Waals surface area contributed by atoms with E-state index in [1.807, 2.05) is 4.90 Å². The summed E-state index contributed by atoms with van der Waals surface area (Å²) in [5, 5.41) is 11.3. The summed E-state index contributed by atoms with van der Waals surface area (Å²) in [4.78, 5) is 20.8. The van der Waals surface area contributed by atoms with Crippen LogP contribution in [-0.2, 0) is 0 Å². The van der Waals surface area contributed by atoms with Crippen LogP contribution in [0.3, 0.4) is 0 Å². The van der Waals surface area contributed by atoms with Gasteiger partial charge in [-0.1, -0.05) is 13.3 Å². The molecule has 3 N–H and O–H groups in total. The third kappa shape index (κ3) is 2.79. The average Bonchev–Trinajstić information content (AvgIpc) is 2.47. The first-order valence-corrected chi connectivity index (χ1v) is 6.91. The zero-order valence-corrected chi connectivity index (χ0v) is 11.6. The molecule has 2 rings (SSSR count). The second kappa shape index (κ2) is 6.47. The van der Waals surface area contributed by atoms with E-state index in [9.17, 15) is 10.1 Å². The average molecular weight is 280 g/mol. The molecule has 0 amide bonds. The molecular weight excluding hydrogens is 260 g/mol. The van der Waals surface area contributed by atoms with Crippen LogP contribution in [0.25, 0.3) is 0 Å². The minimum absolute atomic E-state index is 0.0563. The van der Waals surface area contributed by atoms with Crippen molar-refractivity contribution in [3.8, 4) is 0 Å². The predicted molar refractivity (Wildman–Crippen MR) is 76.4 cm³/mol. The number of nitrogens with two attached hydrogens (primary N) is 1. The number of nitrogen functional groups attached to an aromatic ring is 1. The molecule has 1 fully saturated rings. The second-order valence-corrected chi connectivity index (χ2v) is 4.93. The number of hydrogen-bond donors (Lipinski definition) is 2. The minimum atomic E-state index is -0.470. The van der Waals surface area contributed by atoms with Crippen molar-refractivity contribution in [1.82, 2.24) is 9.97 Å². The zero-order chi connectivity index (χ0) is 14.5. The standard InChI is InChI=1S/C12H20N6O2/c1-2-5-9-6-3-4-7-17(9)12-10(18(19)20)11(16-13)14-8-15-12/h8-9H,2-7,13H2,1H3,(H,14,15,16). The summed E-state index contributed by atoms with van der Waals surface area (Å²) in [6.07, 6.45) is 6.58. The van der Waals surface area contributed by atoms with Crippen LogP contribution in [-0.4, -0.2) is 27.5 Å². The highest BCUT2D eigenvalue weighted by Crippen LogP contribution is 2.35. The lowest BCUT2D eigenvalue weighted by Crippen LogP contribution is -2.40. The van der Waals surface area contributed by atoms with Gasteiger partial charge in [0.25, 0.3) is 0 Å². The van der Waals surface area contributed by atoms with E-state index in [1.165, 1.54) is 6.33 Å². The molecule has 20 heavy (non-hydrogen) atoms. The van der Waals surface area contributed by atoms with Crippen molar-refractivity contribution in [3.05, 3.63) is 16.4 Å². The quantitative estimate of drug-likeness (QED) is 0.481. The van der Waals surface area contributed by atoms with Gasteiger partial charge in [0.1, 0.15) is 6.33 Å². The molecule has 1 atom stereocenters. The lowest BCUT2D eigenvalue weighted by Gasteiger charge is -2.36. The Kier molecular flexibility index (Phi) is 4.67. The van der Waals surface area contributed by atoms with E-state index in [-0.39, 0.29) is 11.5 Å². The fraction of sp³-hybridized carbons (Fsp3) is 0.667. The SMILES string of the molecule is CCCC1CCCCN1c1ncnc(NN)c1[N+](=O)[O-]. The monoisotopic (exact) mass is 280 g/mol. The fourth-order valence-corrected chi connectivity index (χ4v) is 2.77. The number of anilines is 2. The Morgan fingerprint density at radius 2 is 2.35 bits per heavy atom. The molecule has 0 aromatic carbocycles. The summed E-state index contributed by atoms with van der Waals surface area (Å²) in [6.45, 7) is 2.90. The van der Waals surface area contributed by atoms with E-state index in [4.69, 9.17) is 5.84 Å². The van der Waals surface area contributed by atoms with Crippen molar-refractivity contribution < 1.29 is 4.92 Å². The van der Waals surface area contributed by atoms with Gasteiger partial charge < -0.3 is 10.3 Å². The minimum Gasteiger partial charge on any atom is -0.348 e. The predicted octanol–water partition coefficient (Wildman–Crippen LogP) is 1.83. The van der Waals surface area contributed by atoms with Crippen molar-refractivity contribution in [2.24, 2.45) is 5.84 Å². The van der Waals surface area contributed by atoms with Gasteiger partial charge in [-0.25, -0.2) is 15.8 Å². The maximum Gasteiger partial charge on any atom is 0.354 e. The lowest BCUT2D eigenvalue weighted by atomic mass is 9.98. The number of hydrogen-bond acceptors (Lipinski definition) is 7. The van der Waals surface area contributed by atoms with E-state index in [0.717, 1.165) is 38.6 Å². The Morgan fingerprint density at radius 3 is 3.00 bits per heavy atom. The van der Waals surface area contributed by atoms with Gasteiger partial charge in [0.05, 0.1) is 4.92 Å². The van der Waals surface area contributed by atoms with Crippen LogP contribution in [0.4, 0.5) is 17.3 Å². The summed E-state index contributed by atoms with van der Waals surface area (Å²) >= 11 is 0. The maximum absolute atomic E-state index is 11.3. The maximum atomic E-state index is 11.3. The third-order valence-corrected chi connectivity index (χ3v) is 3.64. The fourth-order valence-electron chi connectivity index (χ4n) is 2.77. The topological polar surface area (TPSA) is 110 Å². The molecule has 0 aliphatic carbocycles. The van der Waals surface area contributed by atoms with Crippen LogP contribution < -0.4 is 16.2 Å². The molecule has 8 nitrogen and oxygen atoms in total. The summed E-state index contributed by atoms with van der Waals surface area (Å²) < 4.78 is 0. The van der Waals surface area contributed by atoms with E-state index in [0.29, 0.717) is 11.9 Å². The number of rotatable bonds is 5. The van der Waals surface area contributed by atoms with Gasteiger partial charge >= 0.3 is 5.69 Å². The molecule has 8 heteroatoms. The molecular formula is C12H20N6O2. The largest absolute Gasteiger partial charge is 0.354 e. The summed E-state index contributed by atoms with van der Waals surface area (Å²) in [5.74, 6) is 5.74. The van der Waals surface area contributed by atoms with Gasteiger partial charge in [-0.15, -0.1) is 0 Å². The molecule has 1 aliphatic heterocycles. The Balaban J connectivity index is 2.41. The van der Waals surface area contributed by atoms with Crippen molar-refractivity contribution in [3.63, 3.8) is 0 Å². The molecule has 2 heterocycles. The van der Waals surface area contributed by atoms with Crippen LogP contribution in [0.1, 0.15) is 39.0 Å². The number of nitrogens with one attached hydrogen (secondary N) is 1. The van der Waals surface area contributed by atoms with Crippen LogP contribution >= 0.6 is 0 Å². The highest BCUT2D eigenvalue weighted by atomic mass is 16.6. The van der Waals surface area contributed by atoms with E-state index < -0.39 is 4.92 Å². The molecule has 1 aromatic rings. The summed E-state index contributed by atoms with van der Waals surface area (Å²) in [6, 6.07) is 0.299. The summed E-state index contributed by atoms with van der Waals surface area (Å²) in [7, 11) is 0. The molecule has 110 valence electrons. The summed E-state index contributed by atoms with van der Waals surface area (Å²) in [5.41, 5.74) is 2.14. The molecule has 1 aromatic heterocycles. The number of hydrazine groups is 1. The first-order chi connectivity index (χ1) is 9.69. The van der Waals surface area contributed by atoms with Crippen molar-refractivity contribution in [2.45, 2.75) is 45.1 Å². The first-order valence-electron chi connectivity index (χ1n) is 6.91. The van der Waals surface area contributed by atoms with E-state index in [1.54, 1.807) is 0 Å². The first kappa shape index (κ1) is 14.4. The van der Waals surface area contributed by atoms with Gasteiger partial charge in [0, 0.05) is 12.6 Å². The molecule has 0 saturated carbocycles. The van der Waals surface area contributed by atoms with E-state index >= 15 is 0 Å². The van der Waals surface area contributed by atoms with Gasteiger partial charge in [0.2, 0.25) is 11.6 Å². The van der Waals surface area contributed by atoms with Gasteiger partial charge in [-0.05, 0) is 25.7 Å². The van der Waals surface area contributed by atoms with E-state index in [2.05, 4.69) is 22.3 Å². The molecule has 1 saturated heterocycles. The van der Waals surface area contributed by atoms with Crippen LogP contribution in [0.5, 0.6) is 0 Å². The van der Waals surface area contributed by atoms with Crippen LogP contribution in [0.2, 0.25) is 0 Å². The molecule has 0 spiro atoms. The van der Waals surface area contributed by atoms with Crippen molar-refractivity contribution in [2.75, 3.05) is 16.9 Å². The van der Waals surface area contributed by atoms with Crippen molar-refractivity contribution >= 4 is 17.3 Å². The molecule has 0 bridgehead atoms. The number of piperidine rings is 1. The van der Waals surface area contributed by atoms with Gasteiger partial charge in [-0.3, -0.25) is 10.1 Å². The lowest BCUT2D eigenvalue weighted by molar-refractivity contribution is -0.383. The van der Waals surface area contributed by atoms with Gasteiger partial charge in [-0.2, -0.15) is 0 Å². The normalized spacial score (nSPS) is 18.9.